The number of fused-ring (bicyclic) bond motifs is 4. The Hall–Kier alpha value is -0.990. The monoisotopic (exact) mass is 468 g/mol. The fourth-order valence-corrected chi connectivity index (χ4v) is 10.3. The second-order valence-electron chi connectivity index (χ2n) is 14.9. The van der Waals surface area contributed by atoms with Gasteiger partial charge in [-0.15, -0.1) is 0 Å². The quantitative estimate of drug-likeness (QED) is 0.412. The van der Waals surface area contributed by atoms with Gasteiger partial charge in [0.15, 0.2) is 0 Å². The van der Waals surface area contributed by atoms with Crippen molar-refractivity contribution in [2.24, 2.45) is 58.2 Å². The van der Waals surface area contributed by atoms with Crippen molar-refractivity contribution in [1.82, 2.24) is 10.6 Å². The van der Waals surface area contributed by atoms with Crippen LogP contribution in [0.5, 0.6) is 0 Å². The lowest BCUT2D eigenvalue weighted by molar-refractivity contribution is 0.0248. The topological polar surface area (TPSA) is 41.1 Å². The van der Waals surface area contributed by atoms with E-state index in [2.05, 4.69) is 65.7 Å². The zero-order chi connectivity index (χ0) is 24.6. The average molecular weight is 469 g/mol. The summed E-state index contributed by atoms with van der Waals surface area (Å²) in [6.45, 7) is 21.6. The molecule has 5 rings (SSSR count). The highest BCUT2D eigenvalue weighted by molar-refractivity contribution is 5.75. The molecule has 0 bridgehead atoms. The lowest BCUT2D eigenvalue weighted by Gasteiger charge is -2.54. The van der Waals surface area contributed by atoms with E-state index in [9.17, 15) is 4.79 Å². The van der Waals surface area contributed by atoms with Crippen LogP contribution < -0.4 is 10.6 Å². The Morgan fingerprint density at radius 2 is 1.74 bits per heavy atom. The highest BCUT2D eigenvalue weighted by atomic mass is 16.2. The van der Waals surface area contributed by atoms with Gasteiger partial charge in [0.2, 0.25) is 0 Å². The molecule has 5 fully saturated rings. The number of hydrogen-bond acceptors (Lipinski definition) is 1. The van der Waals surface area contributed by atoms with Crippen LogP contribution in [0.15, 0.2) is 12.2 Å². The first-order valence-electron chi connectivity index (χ1n) is 14.7. The maximum Gasteiger partial charge on any atom is 0.315 e. The fourth-order valence-electron chi connectivity index (χ4n) is 10.3. The Morgan fingerprint density at radius 1 is 1.00 bits per heavy atom. The van der Waals surface area contributed by atoms with Gasteiger partial charge in [0, 0.05) is 17.5 Å². The Morgan fingerprint density at radius 3 is 2.44 bits per heavy atom. The standard InChI is InChI=1S/C31H52N2O/c1-18(2)21-13-16-30(7)15-9-10-20(4)25(30)27(21)32-28(34)33-31(8)17-14-23-26(29(23,5)6)24-19(3)11-12-22(24)31/h18-19,21-27H,4,9-17H2,1-3,5-8H3,(H2,32,33,34). The van der Waals surface area contributed by atoms with Crippen LogP contribution in [0.25, 0.3) is 0 Å². The molecule has 34 heavy (non-hydrogen) atoms. The molecular weight excluding hydrogens is 416 g/mol. The van der Waals surface area contributed by atoms with Gasteiger partial charge in [0.1, 0.15) is 0 Å². The molecule has 0 spiro atoms. The van der Waals surface area contributed by atoms with Gasteiger partial charge in [-0.25, -0.2) is 4.79 Å². The predicted molar refractivity (Wildman–Crippen MR) is 141 cm³/mol. The van der Waals surface area contributed by atoms with E-state index in [1.165, 1.54) is 50.5 Å². The highest BCUT2D eigenvalue weighted by Crippen LogP contribution is 2.71. The first-order valence-corrected chi connectivity index (χ1v) is 14.7. The van der Waals surface area contributed by atoms with Crippen molar-refractivity contribution in [2.75, 3.05) is 0 Å². The van der Waals surface area contributed by atoms with Crippen molar-refractivity contribution in [3.05, 3.63) is 12.2 Å². The number of carbonyl (C=O) groups is 1. The first-order chi connectivity index (χ1) is 15.9. The van der Waals surface area contributed by atoms with Crippen molar-refractivity contribution < 1.29 is 4.79 Å². The summed E-state index contributed by atoms with van der Waals surface area (Å²) < 4.78 is 0. The Balaban J connectivity index is 1.36. The molecule has 0 saturated heterocycles. The fraction of sp³-hybridized carbons (Fsp3) is 0.903. The van der Waals surface area contributed by atoms with Crippen molar-refractivity contribution in [3.8, 4) is 0 Å². The smallest absolute Gasteiger partial charge is 0.315 e. The van der Waals surface area contributed by atoms with Gasteiger partial charge in [-0.2, -0.15) is 0 Å². The van der Waals surface area contributed by atoms with Gasteiger partial charge in [-0.3, -0.25) is 0 Å². The summed E-state index contributed by atoms with van der Waals surface area (Å²) >= 11 is 0. The molecule has 3 heteroatoms. The largest absolute Gasteiger partial charge is 0.335 e. The van der Waals surface area contributed by atoms with E-state index in [0.29, 0.717) is 34.5 Å². The van der Waals surface area contributed by atoms with Crippen LogP contribution in [0.4, 0.5) is 4.79 Å². The van der Waals surface area contributed by atoms with Crippen molar-refractivity contribution >= 4 is 6.03 Å². The van der Waals surface area contributed by atoms with Gasteiger partial charge in [0.05, 0.1) is 0 Å². The molecule has 10 atom stereocenters. The highest BCUT2D eigenvalue weighted by Gasteiger charge is 2.67. The number of hydrogen-bond donors (Lipinski definition) is 2. The van der Waals surface area contributed by atoms with Crippen LogP contribution in [0.3, 0.4) is 0 Å². The molecule has 3 nitrogen and oxygen atoms in total. The minimum Gasteiger partial charge on any atom is -0.335 e. The molecule has 2 amide bonds. The summed E-state index contributed by atoms with van der Waals surface area (Å²) in [5.41, 5.74) is 2.10. The first kappa shape index (κ1) is 24.7. The summed E-state index contributed by atoms with van der Waals surface area (Å²) in [6.07, 6.45) is 11.2. The van der Waals surface area contributed by atoms with E-state index in [4.69, 9.17) is 0 Å². The van der Waals surface area contributed by atoms with Crippen molar-refractivity contribution in [3.63, 3.8) is 0 Å². The average Bonchev–Trinajstić information content (AvgIpc) is 3.10. The Labute approximate surface area is 209 Å². The van der Waals surface area contributed by atoms with Crippen molar-refractivity contribution in [2.45, 2.75) is 118 Å². The van der Waals surface area contributed by atoms with Gasteiger partial charge >= 0.3 is 6.03 Å². The maximum atomic E-state index is 13.8. The second kappa shape index (κ2) is 8.27. The van der Waals surface area contributed by atoms with E-state index in [1.807, 2.05) is 0 Å². The zero-order valence-electron chi connectivity index (χ0n) is 23.2. The molecule has 10 unspecified atom stereocenters. The Kier molecular flexibility index (Phi) is 6.01. The van der Waals surface area contributed by atoms with Gasteiger partial charge in [-0.05, 0) is 111 Å². The lowest BCUT2D eigenvalue weighted by Crippen LogP contribution is -2.62. The molecule has 0 radical (unpaired) electrons. The number of amides is 2. The molecule has 0 aliphatic heterocycles. The molecule has 5 aliphatic carbocycles. The number of rotatable bonds is 3. The molecule has 0 aromatic carbocycles. The summed E-state index contributed by atoms with van der Waals surface area (Å²) in [5, 5.41) is 7.26. The molecular formula is C31H52N2O. The third-order valence-corrected chi connectivity index (χ3v) is 12.3. The molecule has 192 valence electrons. The van der Waals surface area contributed by atoms with Crippen LogP contribution in [0.1, 0.15) is 106 Å². The third kappa shape index (κ3) is 3.78. The van der Waals surface area contributed by atoms with Gasteiger partial charge < -0.3 is 10.6 Å². The number of carbonyl (C=O) groups excluding carboxylic acids is 1. The lowest BCUT2D eigenvalue weighted by atomic mass is 9.53. The normalized spacial score (nSPS) is 49.5. The SMILES string of the molecule is C=C1CCCC2(C)CCC(C(C)C)C(NC(=O)NC3(C)CCC4C(C5C(C)CCC53)C4(C)C)C12. The van der Waals surface area contributed by atoms with Crippen molar-refractivity contribution in [1.29, 1.82) is 0 Å². The van der Waals surface area contributed by atoms with E-state index >= 15 is 0 Å². The molecule has 5 saturated carbocycles. The van der Waals surface area contributed by atoms with E-state index in [-0.39, 0.29) is 17.6 Å². The Bertz CT molecular complexity index is 831. The molecule has 0 heterocycles. The summed E-state index contributed by atoms with van der Waals surface area (Å²) in [5.74, 6) is 5.42. The zero-order valence-corrected chi connectivity index (χ0v) is 23.2. The molecule has 0 aromatic heterocycles. The van der Waals surface area contributed by atoms with Crippen LogP contribution in [-0.2, 0) is 0 Å². The summed E-state index contributed by atoms with van der Waals surface area (Å²) in [6, 6.07) is 0.306. The van der Waals surface area contributed by atoms with E-state index in [1.54, 1.807) is 0 Å². The number of nitrogens with one attached hydrogen (secondary N) is 2. The molecule has 2 N–H and O–H groups in total. The minimum absolute atomic E-state index is 0.0854. The van der Waals surface area contributed by atoms with E-state index in [0.717, 1.165) is 36.5 Å². The predicted octanol–water partition coefficient (Wildman–Crippen LogP) is 7.57. The van der Waals surface area contributed by atoms with Crippen LogP contribution >= 0.6 is 0 Å². The summed E-state index contributed by atoms with van der Waals surface area (Å²) in [4.78, 5) is 13.8. The second-order valence-corrected chi connectivity index (χ2v) is 14.9. The van der Waals surface area contributed by atoms with Crippen LogP contribution in [-0.4, -0.2) is 17.6 Å². The molecule has 5 aliphatic rings. The third-order valence-electron chi connectivity index (χ3n) is 12.3. The maximum absolute atomic E-state index is 13.8. The molecule has 0 aromatic rings. The van der Waals surface area contributed by atoms with Crippen LogP contribution in [0.2, 0.25) is 0 Å². The van der Waals surface area contributed by atoms with Gasteiger partial charge in [0.25, 0.3) is 0 Å². The minimum atomic E-state index is -0.0854. The van der Waals surface area contributed by atoms with Crippen LogP contribution in [0, 0.1) is 58.2 Å². The number of urea groups is 1. The van der Waals surface area contributed by atoms with Gasteiger partial charge in [-0.1, -0.05) is 60.1 Å². The summed E-state index contributed by atoms with van der Waals surface area (Å²) in [7, 11) is 0. The van der Waals surface area contributed by atoms with E-state index < -0.39 is 0 Å².